The minimum absolute atomic E-state index is 0.0361. The topological polar surface area (TPSA) is 101 Å². The largest absolute Gasteiger partial charge is 0.473 e. The lowest BCUT2D eigenvalue weighted by Crippen LogP contribution is -2.43. The second-order valence-corrected chi connectivity index (χ2v) is 10.9. The number of carbonyl (C=O) groups is 1. The second kappa shape index (κ2) is 12.1. The van der Waals surface area contributed by atoms with E-state index < -0.39 is 44.7 Å². The number of benzene rings is 1. The number of halogens is 4. The summed E-state index contributed by atoms with van der Waals surface area (Å²) in [5, 5.41) is 2.33. The number of pyridine rings is 1. The van der Waals surface area contributed by atoms with E-state index in [4.69, 9.17) is 21.1 Å². The van der Waals surface area contributed by atoms with E-state index in [9.17, 15) is 26.4 Å². The molecule has 0 aliphatic rings. The van der Waals surface area contributed by atoms with Gasteiger partial charge in [0, 0.05) is 45.9 Å². The summed E-state index contributed by atoms with van der Waals surface area (Å²) in [4.78, 5) is 16.2. The Morgan fingerprint density at radius 1 is 1.19 bits per heavy atom. The van der Waals surface area contributed by atoms with Crippen molar-refractivity contribution in [3.05, 3.63) is 46.6 Å². The summed E-state index contributed by atoms with van der Waals surface area (Å²) in [6.45, 7) is 3.92. The summed E-state index contributed by atoms with van der Waals surface area (Å²) < 4.78 is 79.7. The van der Waals surface area contributed by atoms with Crippen molar-refractivity contribution < 1.29 is 35.9 Å². The van der Waals surface area contributed by atoms with Gasteiger partial charge in [-0.3, -0.25) is 4.79 Å². The van der Waals surface area contributed by atoms with Crippen LogP contribution in [0.25, 0.3) is 0 Å². The molecule has 2 rings (SSSR count). The summed E-state index contributed by atoms with van der Waals surface area (Å²) in [7, 11) is -0.946. The number of hydrogen-bond acceptors (Lipinski definition) is 6. The Kier molecular flexibility index (Phi) is 9.94. The lowest BCUT2D eigenvalue weighted by molar-refractivity contribution is 0.0947. The fraction of sp³-hybridized carbons (Fsp3) is 0.455. The molecule has 0 unspecified atom stereocenters. The van der Waals surface area contributed by atoms with Gasteiger partial charge >= 0.3 is 0 Å². The van der Waals surface area contributed by atoms with Gasteiger partial charge in [-0.25, -0.2) is 18.2 Å². The summed E-state index contributed by atoms with van der Waals surface area (Å²) in [5.41, 5.74) is -2.21. The van der Waals surface area contributed by atoms with E-state index in [0.717, 1.165) is 14.8 Å². The monoisotopic (exact) mass is 552 g/mol. The maximum Gasteiger partial charge on any atom is 0.281 e. The van der Waals surface area contributed by atoms with Gasteiger partial charge in [-0.1, -0.05) is 18.5 Å². The molecule has 36 heavy (non-hydrogen) atoms. The molecular weight excluding hydrogens is 525 g/mol. The highest BCUT2D eigenvalue weighted by Gasteiger charge is 2.24. The van der Waals surface area contributed by atoms with Gasteiger partial charge in [-0.05, 0) is 19.9 Å². The number of amides is 1. The predicted octanol–water partition coefficient (Wildman–Crippen LogP) is 3.79. The van der Waals surface area contributed by atoms with E-state index in [2.05, 4.69) is 10.3 Å². The fourth-order valence-corrected chi connectivity index (χ4v) is 4.10. The molecule has 9 nitrogen and oxygen atoms in total. The van der Waals surface area contributed by atoms with Crippen molar-refractivity contribution in [1.29, 1.82) is 0 Å². The highest BCUT2D eigenvalue weighted by atomic mass is 35.5. The molecule has 0 bridgehead atoms. The first-order chi connectivity index (χ1) is 16.7. The van der Waals surface area contributed by atoms with Gasteiger partial charge in [0.2, 0.25) is 5.88 Å². The molecule has 0 aliphatic carbocycles. The number of aromatic nitrogens is 1. The Balaban J connectivity index is 2.07. The van der Waals surface area contributed by atoms with Crippen LogP contribution < -0.4 is 14.8 Å². The van der Waals surface area contributed by atoms with Crippen molar-refractivity contribution in [3.63, 3.8) is 0 Å². The van der Waals surface area contributed by atoms with E-state index in [-0.39, 0.29) is 42.9 Å². The Morgan fingerprint density at radius 3 is 2.42 bits per heavy atom. The minimum atomic E-state index is -3.69. The van der Waals surface area contributed by atoms with Crippen molar-refractivity contribution in [1.82, 2.24) is 18.9 Å². The molecule has 1 amide bonds. The molecule has 1 heterocycles. The van der Waals surface area contributed by atoms with Crippen LogP contribution in [-0.2, 0) is 10.2 Å². The summed E-state index contributed by atoms with van der Waals surface area (Å²) in [6, 6.07) is 2.57. The van der Waals surface area contributed by atoms with Crippen LogP contribution in [0, 0.1) is 11.6 Å². The van der Waals surface area contributed by atoms with Gasteiger partial charge in [-0.15, -0.1) is 0 Å². The van der Waals surface area contributed by atoms with Crippen molar-refractivity contribution in [2.24, 2.45) is 0 Å². The molecule has 0 atom stereocenters. The molecule has 2 aromatic rings. The molecule has 0 spiro atoms. The SMILES string of the molecule is CCN(CCNC(=O)c1cc(F)c(Oc2cnc(OCC(C)(C)F)c(Cl)c2)cc1F)S(=O)(=O)N(C)C. The van der Waals surface area contributed by atoms with E-state index in [0.29, 0.717) is 12.1 Å². The van der Waals surface area contributed by atoms with Crippen LogP contribution in [0.4, 0.5) is 13.2 Å². The smallest absolute Gasteiger partial charge is 0.281 e. The molecule has 1 aromatic carbocycles. The number of nitrogens with zero attached hydrogens (tertiary/aromatic N) is 3. The van der Waals surface area contributed by atoms with Crippen molar-refractivity contribution in [3.8, 4) is 17.4 Å². The molecule has 0 radical (unpaired) electrons. The van der Waals surface area contributed by atoms with E-state index in [1.54, 1.807) is 6.92 Å². The van der Waals surface area contributed by atoms with Crippen molar-refractivity contribution in [2.45, 2.75) is 26.4 Å². The zero-order valence-electron chi connectivity index (χ0n) is 20.4. The molecule has 0 aliphatic heterocycles. The van der Waals surface area contributed by atoms with Gasteiger partial charge in [-0.2, -0.15) is 17.0 Å². The van der Waals surface area contributed by atoms with E-state index >= 15 is 0 Å². The number of nitrogens with one attached hydrogen (secondary N) is 1. The normalized spacial score (nSPS) is 12.2. The number of rotatable bonds is 12. The first-order valence-corrected chi connectivity index (χ1v) is 12.5. The Hall–Kier alpha value is -2.61. The number of likely N-dealkylation sites (N-methyl/N-ethyl adjacent to an activating group) is 1. The number of ether oxygens (including phenoxy) is 2. The molecule has 0 saturated heterocycles. The summed E-state index contributed by atoms with van der Waals surface area (Å²) in [6.07, 6.45) is 1.13. The van der Waals surface area contributed by atoms with Gasteiger partial charge in [0.25, 0.3) is 16.1 Å². The minimum Gasteiger partial charge on any atom is -0.473 e. The van der Waals surface area contributed by atoms with Crippen LogP contribution >= 0.6 is 11.6 Å². The average Bonchev–Trinajstić information content (AvgIpc) is 2.77. The van der Waals surface area contributed by atoms with Gasteiger partial charge in [0.15, 0.2) is 11.6 Å². The molecule has 200 valence electrons. The van der Waals surface area contributed by atoms with Gasteiger partial charge < -0.3 is 14.8 Å². The lowest BCUT2D eigenvalue weighted by Gasteiger charge is -2.24. The van der Waals surface area contributed by atoms with Crippen LogP contribution in [0.3, 0.4) is 0 Å². The third-order valence-corrected chi connectivity index (χ3v) is 6.90. The maximum atomic E-state index is 14.6. The maximum absolute atomic E-state index is 14.6. The standard InChI is InChI=1S/C22H28ClF3N4O5S/c1-6-30(36(32,33)29(4)5)8-7-27-20(31)15-10-18(25)19(11-17(15)24)35-14-9-16(23)21(28-12-14)34-13-22(2,3)26/h9-12H,6-8,13H2,1-5H3,(H,27,31). The Morgan fingerprint density at radius 2 is 1.86 bits per heavy atom. The van der Waals surface area contributed by atoms with Gasteiger partial charge in [0.1, 0.15) is 28.9 Å². The second-order valence-electron chi connectivity index (χ2n) is 8.37. The summed E-state index contributed by atoms with van der Waals surface area (Å²) in [5.74, 6) is -3.69. The van der Waals surface area contributed by atoms with Gasteiger partial charge in [0.05, 0.1) is 11.8 Å². The average molecular weight is 553 g/mol. The first kappa shape index (κ1) is 29.6. The van der Waals surface area contributed by atoms with Crippen LogP contribution in [0.5, 0.6) is 17.4 Å². The molecule has 1 aromatic heterocycles. The van der Waals surface area contributed by atoms with Crippen LogP contribution in [0.1, 0.15) is 31.1 Å². The molecule has 0 fully saturated rings. The van der Waals surface area contributed by atoms with E-state index in [1.807, 2.05) is 0 Å². The predicted molar refractivity (Wildman–Crippen MR) is 129 cm³/mol. The van der Waals surface area contributed by atoms with Crippen LogP contribution in [-0.4, -0.2) is 73.9 Å². The fourth-order valence-electron chi connectivity index (χ4n) is 2.77. The highest BCUT2D eigenvalue weighted by Crippen LogP contribution is 2.31. The van der Waals surface area contributed by atoms with Crippen molar-refractivity contribution in [2.75, 3.05) is 40.3 Å². The number of hydrogen-bond donors (Lipinski definition) is 1. The Labute approximate surface area is 213 Å². The van der Waals surface area contributed by atoms with Crippen molar-refractivity contribution >= 4 is 27.7 Å². The lowest BCUT2D eigenvalue weighted by atomic mass is 10.1. The zero-order chi connectivity index (χ0) is 27.3. The van der Waals surface area contributed by atoms with Crippen LogP contribution in [0.2, 0.25) is 5.02 Å². The quantitative estimate of drug-likeness (QED) is 0.430. The molecule has 1 N–H and O–H groups in total. The molecular formula is C22H28ClF3N4O5S. The van der Waals surface area contributed by atoms with Crippen LogP contribution in [0.15, 0.2) is 24.4 Å². The number of alkyl halides is 1. The molecule has 14 heteroatoms. The third kappa shape index (κ3) is 7.95. The Bertz CT molecular complexity index is 1190. The first-order valence-electron chi connectivity index (χ1n) is 10.8. The zero-order valence-corrected chi connectivity index (χ0v) is 22.0. The summed E-state index contributed by atoms with van der Waals surface area (Å²) >= 11 is 6.03. The number of carbonyl (C=O) groups excluding carboxylic acids is 1. The van der Waals surface area contributed by atoms with E-state index in [1.165, 1.54) is 34.0 Å². The molecule has 0 saturated carbocycles. The highest BCUT2D eigenvalue weighted by molar-refractivity contribution is 7.86. The third-order valence-electron chi connectivity index (χ3n) is 4.62.